The van der Waals surface area contributed by atoms with Crippen molar-refractivity contribution in [1.29, 1.82) is 0 Å². The molecule has 112 valence electrons. The number of hydrogen-bond acceptors (Lipinski definition) is 3. The summed E-state index contributed by atoms with van der Waals surface area (Å²) in [6.07, 6.45) is 0. The second kappa shape index (κ2) is 6.92. The van der Waals surface area contributed by atoms with Crippen molar-refractivity contribution in [1.82, 2.24) is 0 Å². The summed E-state index contributed by atoms with van der Waals surface area (Å²) in [5.74, 6) is 0.769. The number of nitrogens with one attached hydrogen (secondary N) is 1. The predicted molar refractivity (Wildman–Crippen MR) is 91.1 cm³/mol. The van der Waals surface area contributed by atoms with Crippen LogP contribution in [0.15, 0.2) is 36.4 Å². The third-order valence-electron chi connectivity index (χ3n) is 3.19. The van der Waals surface area contributed by atoms with Crippen LogP contribution in [-0.4, -0.2) is 21.2 Å². The largest absolute Gasteiger partial charge is 0.496 e. The monoisotopic (exact) mass is 324 g/mol. The molecule has 0 spiro atoms. The van der Waals surface area contributed by atoms with Gasteiger partial charge in [-0.25, -0.2) is 0 Å². The summed E-state index contributed by atoms with van der Waals surface area (Å²) in [6, 6.07) is 11.5. The van der Waals surface area contributed by atoms with Gasteiger partial charge in [-0.05, 0) is 30.3 Å². The molecule has 5 heteroatoms. The van der Waals surface area contributed by atoms with Gasteiger partial charge >= 0.3 is 0 Å². The van der Waals surface area contributed by atoms with Gasteiger partial charge in [0.25, 0.3) is 0 Å². The summed E-state index contributed by atoms with van der Waals surface area (Å²) < 4.78 is 5.33. The van der Waals surface area contributed by atoms with E-state index in [1.807, 2.05) is 55.4 Å². The van der Waals surface area contributed by atoms with Gasteiger partial charge in [-0.1, -0.05) is 29.3 Å². The van der Waals surface area contributed by atoms with Crippen LogP contribution in [0.1, 0.15) is 5.56 Å². The van der Waals surface area contributed by atoms with Crippen molar-refractivity contribution in [2.24, 2.45) is 0 Å². The molecule has 0 heterocycles. The van der Waals surface area contributed by atoms with Gasteiger partial charge in [0.1, 0.15) is 5.75 Å². The molecule has 0 saturated carbocycles. The average Bonchev–Trinajstić information content (AvgIpc) is 2.45. The normalized spacial score (nSPS) is 10.3. The summed E-state index contributed by atoms with van der Waals surface area (Å²) in [5.41, 5.74) is 2.85. The van der Waals surface area contributed by atoms with Crippen molar-refractivity contribution < 1.29 is 4.74 Å². The lowest BCUT2D eigenvalue weighted by Crippen LogP contribution is -2.09. The lowest BCUT2D eigenvalue weighted by Gasteiger charge is -2.16. The first kappa shape index (κ1) is 15.8. The number of halogens is 2. The summed E-state index contributed by atoms with van der Waals surface area (Å²) >= 11 is 12.5. The Balaban J connectivity index is 2.16. The molecule has 2 aromatic carbocycles. The molecular weight excluding hydrogens is 307 g/mol. The molecule has 0 aliphatic carbocycles. The van der Waals surface area contributed by atoms with Gasteiger partial charge in [0.05, 0.1) is 17.8 Å². The molecule has 0 aromatic heterocycles. The maximum atomic E-state index is 6.26. The van der Waals surface area contributed by atoms with Crippen molar-refractivity contribution in [2.75, 3.05) is 31.4 Å². The van der Waals surface area contributed by atoms with Crippen molar-refractivity contribution >= 4 is 34.6 Å². The third-order valence-corrected chi connectivity index (χ3v) is 3.85. The molecule has 0 fully saturated rings. The lowest BCUT2D eigenvalue weighted by molar-refractivity contribution is 0.410. The summed E-state index contributed by atoms with van der Waals surface area (Å²) in [4.78, 5) is 1.98. The van der Waals surface area contributed by atoms with Gasteiger partial charge < -0.3 is 15.0 Å². The smallest absolute Gasteiger partial charge is 0.125 e. The highest BCUT2D eigenvalue weighted by Gasteiger charge is 2.08. The van der Waals surface area contributed by atoms with Gasteiger partial charge in [0, 0.05) is 36.9 Å². The minimum Gasteiger partial charge on any atom is -0.496 e. The Hall–Kier alpha value is -1.58. The van der Waals surface area contributed by atoms with E-state index < -0.39 is 0 Å². The maximum Gasteiger partial charge on any atom is 0.125 e. The van der Waals surface area contributed by atoms with Crippen LogP contribution in [-0.2, 0) is 6.54 Å². The second-order valence-corrected chi connectivity index (χ2v) is 5.65. The fourth-order valence-electron chi connectivity index (χ4n) is 2.07. The standard InChI is InChI=1S/C16H18Cl2N2O/c1-20(2)15-8-7-11(9-14(15)18)19-10-12-13(17)5-4-6-16(12)21-3/h4-9,19H,10H2,1-3H3. The maximum absolute atomic E-state index is 6.26. The van der Waals surface area contributed by atoms with Crippen LogP contribution in [0.3, 0.4) is 0 Å². The molecule has 1 N–H and O–H groups in total. The van der Waals surface area contributed by atoms with E-state index in [2.05, 4.69) is 5.32 Å². The zero-order valence-electron chi connectivity index (χ0n) is 12.3. The number of benzene rings is 2. The summed E-state index contributed by atoms with van der Waals surface area (Å²) in [5, 5.41) is 4.70. The van der Waals surface area contributed by atoms with Crippen molar-refractivity contribution in [3.8, 4) is 5.75 Å². The Morgan fingerprint density at radius 1 is 1.10 bits per heavy atom. The molecule has 0 radical (unpaired) electrons. The molecule has 0 saturated heterocycles. The van der Waals surface area contributed by atoms with Gasteiger partial charge in [-0.15, -0.1) is 0 Å². The zero-order chi connectivity index (χ0) is 15.4. The summed E-state index contributed by atoms with van der Waals surface area (Å²) in [7, 11) is 5.56. The van der Waals surface area contributed by atoms with Gasteiger partial charge in [0.2, 0.25) is 0 Å². The highest BCUT2D eigenvalue weighted by atomic mass is 35.5. The molecule has 0 bridgehead atoms. The van der Waals surface area contributed by atoms with E-state index in [1.165, 1.54) is 0 Å². The quantitative estimate of drug-likeness (QED) is 0.864. The molecule has 0 atom stereocenters. The predicted octanol–water partition coefficient (Wildman–Crippen LogP) is 4.68. The van der Waals surface area contributed by atoms with E-state index in [1.54, 1.807) is 7.11 Å². The van der Waals surface area contributed by atoms with Crippen LogP contribution in [0.4, 0.5) is 11.4 Å². The van der Waals surface area contributed by atoms with Gasteiger partial charge in [-0.3, -0.25) is 0 Å². The highest BCUT2D eigenvalue weighted by Crippen LogP contribution is 2.30. The van der Waals surface area contributed by atoms with Gasteiger partial charge in [0.15, 0.2) is 0 Å². The molecular formula is C16H18Cl2N2O. The minimum absolute atomic E-state index is 0.570. The van der Waals surface area contributed by atoms with Gasteiger partial charge in [-0.2, -0.15) is 0 Å². The Morgan fingerprint density at radius 2 is 1.86 bits per heavy atom. The van der Waals surface area contributed by atoms with Crippen molar-refractivity contribution in [3.05, 3.63) is 52.0 Å². The number of hydrogen-bond donors (Lipinski definition) is 1. The molecule has 2 aromatic rings. The Morgan fingerprint density at radius 3 is 2.48 bits per heavy atom. The van der Waals surface area contributed by atoms with Crippen LogP contribution < -0.4 is 15.0 Å². The molecule has 0 unspecified atom stereocenters. The Labute approximate surface area is 135 Å². The van der Waals surface area contributed by atoms with E-state index in [4.69, 9.17) is 27.9 Å². The first-order chi connectivity index (χ1) is 10.0. The molecule has 2 rings (SSSR count). The van der Waals surface area contributed by atoms with E-state index in [0.29, 0.717) is 16.6 Å². The van der Waals surface area contributed by atoms with Crippen LogP contribution in [0.5, 0.6) is 5.75 Å². The zero-order valence-corrected chi connectivity index (χ0v) is 13.8. The topological polar surface area (TPSA) is 24.5 Å². The number of anilines is 2. The Kier molecular flexibility index (Phi) is 5.21. The van der Waals surface area contributed by atoms with E-state index >= 15 is 0 Å². The fraction of sp³-hybridized carbons (Fsp3) is 0.250. The second-order valence-electron chi connectivity index (χ2n) is 4.83. The molecule has 3 nitrogen and oxygen atoms in total. The van der Waals surface area contributed by atoms with E-state index in [0.717, 1.165) is 22.7 Å². The number of ether oxygens (including phenoxy) is 1. The molecule has 0 aliphatic rings. The first-order valence-electron chi connectivity index (χ1n) is 6.55. The average molecular weight is 325 g/mol. The van der Waals surface area contributed by atoms with Crippen molar-refractivity contribution in [2.45, 2.75) is 6.54 Å². The third kappa shape index (κ3) is 3.74. The number of rotatable bonds is 5. The first-order valence-corrected chi connectivity index (χ1v) is 7.30. The van der Waals surface area contributed by atoms with Crippen LogP contribution in [0.2, 0.25) is 10.0 Å². The summed E-state index contributed by atoms with van der Waals surface area (Å²) in [6.45, 7) is 0.570. The highest BCUT2D eigenvalue weighted by molar-refractivity contribution is 6.33. The van der Waals surface area contributed by atoms with Crippen LogP contribution in [0.25, 0.3) is 0 Å². The number of methoxy groups -OCH3 is 1. The van der Waals surface area contributed by atoms with Crippen LogP contribution in [0, 0.1) is 0 Å². The fourth-order valence-corrected chi connectivity index (χ4v) is 2.65. The van der Waals surface area contributed by atoms with E-state index in [9.17, 15) is 0 Å². The van der Waals surface area contributed by atoms with Crippen LogP contribution >= 0.6 is 23.2 Å². The molecule has 0 aliphatic heterocycles. The van der Waals surface area contributed by atoms with Crippen molar-refractivity contribution in [3.63, 3.8) is 0 Å². The Bertz CT molecular complexity index is 630. The number of nitrogens with zero attached hydrogens (tertiary/aromatic N) is 1. The van der Waals surface area contributed by atoms with E-state index in [-0.39, 0.29) is 0 Å². The molecule has 21 heavy (non-hydrogen) atoms. The SMILES string of the molecule is COc1cccc(Cl)c1CNc1ccc(N(C)C)c(Cl)c1. The minimum atomic E-state index is 0.570. The molecule has 0 amide bonds. The lowest BCUT2D eigenvalue weighted by atomic mass is 10.2.